The predicted molar refractivity (Wildman–Crippen MR) is 388 cm³/mol. The summed E-state index contributed by atoms with van der Waals surface area (Å²) in [5.41, 5.74) is 0. The van der Waals surface area contributed by atoms with Gasteiger partial charge in [-0.15, -0.1) is 0 Å². The largest absolute Gasteiger partial charge is 0.545 e. The summed E-state index contributed by atoms with van der Waals surface area (Å²) >= 11 is 0. The smallest absolute Gasteiger partial charge is 0.306 e. The number of rotatable bonds is 65. The van der Waals surface area contributed by atoms with Crippen LogP contribution in [0.4, 0.5) is 0 Å². The van der Waals surface area contributed by atoms with E-state index in [4.69, 9.17) is 18.9 Å². The Labute approximate surface area is 558 Å². The predicted octanol–water partition coefficient (Wildman–Crippen LogP) is 21.7. The molecule has 0 fully saturated rings. The van der Waals surface area contributed by atoms with Crippen LogP contribution in [0.3, 0.4) is 0 Å². The van der Waals surface area contributed by atoms with Crippen molar-refractivity contribution in [3.8, 4) is 0 Å². The Hall–Kier alpha value is -5.35. The lowest BCUT2D eigenvalue weighted by Gasteiger charge is -2.26. The number of esters is 2. The molecule has 0 amide bonds. The minimum Gasteiger partial charge on any atom is -0.545 e. The zero-order valence-corrected chi connectivity index (χ0v) is 58.6. The summed E-state index contributed by atoms with van der Waals surface area (Å²) in [6, 6.07) is 0. The van der Waals surface area contributed by atoms with Crippen LogP contribution in [-0.2, 0) is 33.3 Å². The summed E-state index contributed by atoms with van der Waals surface area (Å²) in [4.78, 5) is 37.5. The Morgan fingerprint density at radius 1 is 0.330 bits per heavy atom. The number of carbonyl (C=O) groups excluding carboxylic acids is 3. The van der Waals surface area contributed by atoms with E-state index < -0.39 is 24.3 Å². The third-order valence-corrected chi connectivity index (χ3v) is 15.0. The van der Waals surface area contributed by atoms with Crippen LogP contribution in [0, 0.1) is 0 Å². The maximum Gasteiger partial charge on any atom is 0.306 e. The second-order valence-electron chi connectivity index (χ2n) is 24.8. The van der Waals surface area contributed by atoms with Gasteiger partial charge >= 0.3 is 11.9 Å². The zero-order chi connectivity index (χ0) is 66.1. The van der Waals surface area contributed by atoms with Crippen LogP contribution < -0.4 is 5.11 Å². The van der Waals surface area contributed by atoms with Crippen LogP contribution in [0.1, 0.15) is 271 Å². The van der Waals surface area contributed by atoms with Crippen molar-refractivity contribution in [2.75, 3.05) is 47.5 Å². The first kappa shape index (κ1) is 85.7. The summed E-state index contributed by atoms with van der Waals surface area (Å²) < 4.78 is 22.8. The molecular weight excluding hydrogens is 1130 g/mol. The van der Waals surface area contributed by atoms with Crippen LogP contribution in [0.15, 0.2) is 170 Å². The maximum absolute atomic E-state index is 12.9. The summed E-state index contributed by atoms with van der Waals surface area (Å²) in [5.74, 6) is -2.32. The number of allylic oxidation sites excluding steroid dienone is 28. The van der Waals surface area contributed by atoms with Crippen molar-refractivity contribution in [3.63, 3.8) is 0 Å². The zero-order valence-electron chi connectivity index (χ0n) is 58.6. The number of carbonyl (C=O) groups is 3. The number of unbranched alkanes of at least 4 members (excludes halogenated alkanes) is 22. The van der Waals surface area contributed by atoms with Gasteiger partial charge in [-0.3, -0.25) is 9.59 Å². The van der Waals surface area contributed by atoms with E-state index in [1.165, 1.54) is 96.3 Å². The molecule has 0 aromatic heterocycles. The van der Waals surface area contributed by atoms with Crippen molar-refractivity contribution >= 4 is 17.9 Å². The van der Waals surface area contributed by atoms with Gasteiger partial charge in [0, 0.05) is 12.8 Å². The van der Waals surface area contributed by atoms with Crippen molar-refractivity contribution in [2.45, 2.75) is 283 Å². The van der Waals surface area contributed by atoms with Gasteiger partial charge in [-0.1, -0.05) is 300 Å². The molecule has 0 spiro atoms. The molecule has 2 atom stereocenters. The molecule has 0 bridgehead atoms. The highest BCUT2D eigenvalue weighted by Crippen LogP contribution is 2.16. The Bertz CT molecular complexity index is 2100. The summed E-state index contributed by atoms with van der Waals surface area (Å²) in [6.07, 6.45) is 103. The van der Waals surface area contributed by atoms with Gasteiger partial charge in [-0.05, 0) is 128 Å². The minimum atomic E-state index is -1.64. The molecule has 0 aliphatic rings. The van der Waals surface area contributed by atoms with E-state index in [1.54, 1.807) is 0 Å². The molecule has 0 rings (SSSR count). The average molecular weight is 1260 g/mol. The molecule has 0 heterocycles. The second kappa shape index (κ2) is 70.5. The fourth-order valence-electron chi connectivity index (χ4n) is 9.50. The molecule has 0 saturated heterocycles. The number of ether oxygens (including phenoxy) is 4. The van der Waals surface area contributed by atoms with Crippen LogP contribution in [0.2, 0.25) is 0 Å². The molecular formula is C82H133NO8. The fourth-order valence-corrected chi connectivity index (χ4v) is 9.50. The molecule has 0 aliphatic carbocycles. The number of carboxylic acids is 1. The van der Waals surface area contributed by atoms with E-state index in [2.05, 4.69) is 184 Å². The van der Waals surface area contributed by atoms with E-state index in [0.717, 1.165) is 141 Å². The lowest BCUT2D eigenvalue weighted by atomic mass is 10.0. The standard InChI is InChI=1S/C82H133NO8/c1-6-8-10-12-14-16-18-20-22-24-26-28-30-32-34-36-38-40-42-44-46-48-50-52-54-56-58-60-62-64-66-68-70-72-79(84)89-76-78(77-90-82(81(86)87)88-75-74-83(3,4)5)91-80(85)73-71-69-67-65-63-61-59-57-55-53-51-49-47-45-43-41-39-37-35-33-31-29-27-25-23-21-19-17-15-13-11-9-7-2/h8-11,14-17,20-23,26-29,32-35,39,41,45,47,51,53,57,59,78,82H,6-7,12-13,18-19,24-25,30-31,36-38,40,42-44,46,48-50,52,54-56,58,60-77H2,1-5H3/b10-8-,11-9-,16-14-,17-15-,22-20-,23-21-,28-26-,29-27-,34-32-,35-33-,41-39-,47-45-,53-51-,59-57-. The van der Waals surface area contributed by atoms with E-state index in [-0.39, 0.29) is 38.6 Å². The van der Waals surface area contributed by atoms with E-state index in [0.29, 0.717) is 17.4 Å². The molecule has 514 valence electrons. The lowest BCUT2D eigenvalue weighted by Crippen LogP contribution is -2.44. The number of aliphatic carboxylic acids is 1. The van der Waals surface area contributed by atoms with Crippen LogP contribution in [0.25, 0.3) is 0 Å². The summed E-state index contributed by atoms with van der Waals surface area (Å²) in [5, 5.41) is 11.8. The van der Waals surface area contributed by atoms with Crippen molar-refractivity contribution < 1.29 is 42.9 Å². The lowest BCUT2D eigenvalue weighted by molar-refractivity contribution is -0.870. The fraction of sp³-hybridized carbons (Fsp3) is 0.622. The van der Waals surface area contributed by atoms with Gasteiger partial charge in [0.25, 0.3) is 0 Å². The van der Waals surface area contributed by atoms with Crippen molar-refractivity contribution in [2.24, 2.45) is 0 Å². The van der Waals surface area contributed by atoms with Gasteiger partial charge in [-0.2, -0.15) is 0 Å². The SMILES string of the molecule is CC/C=C\C/C=C\C/C=C\C/C=C\C/C=C\C/C=C\C/C=C\C/C=C\C/C=C\CCCCCCCC(=O)OC(COC(=O)CCCCCCCCCCCCCCCCCCC/C=C\C/C=C\C/C=C\C/C=C\C/C=C\CC)COC(OCC[N+](C)(C)C)C(=O)[O-]. The third kappa shape index (κ3) is 71.9. The molecule has 0 aromatic rings. The highest BCUT2D eigenvalue weighted by molar-refractivity contribution is 5.70. The van der Waals surface area contributed by atoms with Crippen LogP contribution in [0.5, 0.6) is 0 Å². The first-order valence-corrected chi connectivity index (χ1v) is 36.3. The summed E-state index contributed by atoms with van der Waals surface area (Å²) in [6.45, 7) is 4.49. The Kier molecular flexibility index (Phi) is 66.4. The van der Waals surface area contributed by atoms with Crippen LogP contribution in [-0.4, -0.2) is 82.3 Å². The molecule has 9 nitrogen and oxygen atoms in total. The van der Waals surface area contributed by atoms with Gasteiger partial charge in [0.15, 0.2) is 12.4 Å². The third-order valence-electron chi connectivity index (χ3n) is 15.0. The Morgan fingerprint density at radius 2 is 0.593 bits per heavy atom. The number of hydrogen-bond donors (Lipinski definition) is 0. The van der Waals surface area contributed by atoms with Crippen molar-refractivity contribution in [3.05, 3.63) is 170 Å². The Morgan fingerprint density at radius 3 is 0.879 bits per heavy atom. The molecule has 9 heteroatoms. The summed E-state index contributed by atoms with van der Waals surface area (Å²) in [7, 11) is 5.92. The van der Waals surface area contributed by atoms with Crippen molar-refractivity contribution in [1.29, 1.82) is 0 Å². The average Bonchev–Trinajstić information content (AvgIpc) is 3.46. The van der Waals surface area contributed by atoms with E-state index >= 15 is 0 Å². The molecule has 0 saturated carbocycles. The highest BCUT2D eigenvalue weighted by atomic mass is 16.7. The molecule has 0 radical (unpaired) electrons. The normalized spacial score (nSPS) is 13.7. The number of likely N-dealkylation sites (N-methyl/N-ethyl adjacent to an activating group) is 1. The topological polar surface area (TPSA) is 111 Å². The van der Waals surface area contributed by atoms with Gasteiger partial charge in [0.2, 0.25) is 0 Å². The van der Waals surface area contributed by atoms with E-state index in [9.17, 15) is 19.5 Å². The van der Waals surface area contributed by atoms with E-state index in [1.807, 2.05) is 21.1 Å². The van der Waals surface area contributed by atoms with Gasteiger partial charge in [0.05, 0.1) is 40.3 Å². The van der Waals surface area contributed by atoms with Crippen molar-refractivity contribution in [1.82, 2.24) is 0 Å². The molecule has 2 unspecified atom stereocenters. The quantitative estimate of drug-likeness (QED) is 0.0195. The number of quaternary nitrogens is 1. The molecule has 0 aromatic carbocycles. The molecule has 0 N–H and O–H groups in total. The first-order chi connectivity index (χ1) is 44.6. The van der Waals surface area contributed by atoms with Crippen LogP contribution >= 0.6 is 0 Å². The Balaban J connectivity index is 4.19. The molecule has 91 heavy (non-hydrogen) atoms. The maximum atomic E-state index is 12.9. The second-order valence-corrected chi connectivity index (χ2v) is 24.8. The number of hydrogen-bond acceptors (Lipinski definition) is 8. The minimum absolute atomic E-state index is 0.135. The monoisotopic (exact) mass is 1260 g/mol. The highest BCUT2D eigenvalue weighted by Gasteiger charge is 2.22. The first-order valence-electron chi connectivity index (χ1n) is 36.3. The number of nitrogens with zero attached hydrogens (tertiary/aromatic N) is 1. The van der Waals surface area contributed by atoms with Gasteiger partial charge < -0.3 is 33.3 Å². The molecule has 0 aliphatic heterocycles. The van der Waals surface area contributed by atoms with Gasteiger partial charge in [-0.25, -0.2) is 0 Å². The number of carboxylic acid groups (broad SMARTS) is 1. The van der Waals surface area contributed by atoms with Gasteiger partial charge in [0.1, 0.15) is 13.2 Å².